The summed E-state index contributed by atoms with van der Waals surface area (Å²) in [6.45, 7) is 21.7. The van der Waals surface area contributed by atoms with Gasteiger partial charge in [-0.1, -0.05) is 72.8 Å². The lowest BCUT2D eigenvalue weighted by atomic mass is 9.44. The molecule has 40 nitrogen and oxygen atoms in total. The predicted octanol–water partition coefficient (Wildman–Crippen LogP) is 5.18. The number of benzene rings is 1. The zero-order valence-corrected chi connectivity index (χ0v) is 86.7. The molecule has 1 saturated heterocycles. The molecule has 42 heteroatoms. The fourth-order valence-corrected chi connectivity index (χ4v) is 20.4. The van der Waals surface area contributed by atoms with Crippen LogP contribution in [0.25, 0.3) is 0 Å². The number of anilines is 1. The molecule has 3 aliphatic heterocycles. The summed E-state index contributed by atoms with van der Waals surface area (Å²) < 4.78 is 130. The van der Waals surface area contributed by atoms with E-state index in [4.69, 9.17) is 75.8 Å². The highest BCUT2D eigenvalue weighted by Crippen LogP contribution is 2.72. The van der Waals surface area contributed by atoms with Gasteiger partial charge in [-0.2, -0.15) is 0 Å². The third kappa shape index (κ3) is 35.4. The number of fused-ring (bicyclic) bond motifs is 7. The molecule has 144 heavy (non-hydrogen) atoms. The Morgan fingerprint density at radius 3 is 1.64 bits per heavy atom. The first-order valence-corrected chi connectivity index (χ1v) is 52.3. The van der Waals surface area contributed by atoms with Gasteiger partial charge in [-0.3, -0.25) is 53.2 Å². The van der Waals surface area contributed by atoms with Crippen molar-refractivity contribution >= 4 is 58.5 Å². The summed E-state index contributed by atoms with van der Waals surface area (Å²) in [4.78, 5) is 122. The van der Waals surface area contributed by atoms with Crippen molar-refractivity contribution < 1.29 is 137 Å². The summed E-state index contributed by atoms with van der Waals surface area (Å²) >= 11 is 0. The first-order chi connectivity index (χ1) is 69.4. The van der Waals surface area contributed by atoms with Gasteiger partial charge < -0.3 is 133 Å². The Morgan fingerprint density at radius 1 is 0.590 bits per heavy atom. The summed E-state index contributed by atoms with van der Waals surface area (Å²) in [5, 5.41) is 36.5. The van der Waals surface area contributed by atoms with Gasteiger partial charge in [0.25, 0.3) is 0 Å². The topological polar surface area (TPSA) is 460 Å². The molecule has 10 rings (SSSR count). The average molecular weight is 2040 g/mol. The maximum Gasteiger partial charge on any atom is 0.246 e. The van der Waals surface area contributed by atoms with Crippen LogP contribution in [0.1, 0.15) is 176 Å². The number of Topliss-reactive ketones (excluding diaryl/α,β-unsaturated/α-hetero) is 2. The summed E-state index contributed by atoms with van der Waals surface area (Å²) in [7, 11) is 8.11. The van der Waals surface area contributed by atoms with Crippen LogP contribution in [0.2, 0.25) is 0 Å². The Morgan fingerprint density at radius 2 is 1.10 bits per heavy atom. The van der Waals surface area contributed by atoms with Gasteiger partial charge in [0.15, 0.2) is 29.1 Å². The van der Waals surface area contributed by atoms with Crippen LogP contribution in [0.3, 0.4) is 0 Å². The Kier molecular flexibility index (Phi) is 50.2. The highest BCUT2D eigenvalue weighted by molar-refractivity contribution is 6.02. The Bertz CT molecular complexity index is 4290. The van der Waals surface area contributed by atoms with Crippen molar-refractivity contribution in [2.24, 2.45) is 34.5 Å². The molecule has 6 amide bonds. The number of carbonyl (C=O) groups excluding carboxylic acids is 9. The lowest BCUT2D eigenvalue weighted by Crippen LogP contribution is -2.71. The number of aliphatic hydroxyl groups excluding tert-OH is 1. The number of aliphatic hydroxyl groups is 1. The molecule has 1 aromatic rings. The van der Waals surface area contributed by atoms with E-state index in [-0.39, 0.29) is 139 Å². The van der Waals surface area contributed by atoms with Gasteiger partial charge in [-0.05, 0) is 151 Å². The van der Waals surface area contributed by atoms with Crippen molar-refractivity contribution in [3.8, 4) is 5.75 Å². The van der Waals surface area contributed by atoms with Gasteiger partial charge >= 0.3 is 0 Å². The molecule has 0 radical (unpaired) electrons. The zero-order valence-electron chi connectivity index (χ0n) is 86.7. The van der Waals surface area contributed by atoms with E-state index in [0.717, 1.165) is 104 Å². The number of unbranched alkanes of at least 4 members (excludes halogenated alkanes) is 1. The first-order valence-electron chi connectivity index (χ1n) is 52.3. The second kappa shape index (κ2) is 61.3. The molecule has 6 aliphatic carbocycles. The van der Waals surface area contributed by atoms with Gasteiger partial charge in [-0.25, -0.2) is 8.78 Å². The number of nitrogens with one attached hydrogen (secondary N) is 11. The number of nitrogens with zero attached hydrogens (tertiary/aromatic N) is 3. The van der Waals surface area contributed by atoms with Crippen molar-refractivity contribution in [1.29, 1.82) is 0 Å². The summed E-state index contributed by atoms with van der Waals surface area (Å²) in [6, 6.07) is 4.07. The van der Waals surface area contributed by atoms with E-state index in [1.807, 2.05) is 19.0 Å². The van der Waals surface area contributed by atoms with Crippen molar-refractivity contribution in [2.45, 2.75) is 237 Å². The first kappa shape index (κ1) is 118. The van der Waals surface area contributed by atoms with E-state index in [1.54, 1.807) is 52.0 Å². The minimum absolute atomic E-state index is 0.000336. The number of ketones is 3. The maximum atomic E-state index is 18.1. The third-order valence-electron chi connectivity index (χ3n) is 28.2. The Balaban J connectivity index is 0.635. The molecule has 15 atom stereocenters. The summed E-state index contributed by atoms with van der Waals surface area (Å²) in [5.41, 5.74) is 10.5. The molecule has 3 unspecified atom stereocenters. The third-order valence-corrected chi connectivity index (χ3v) is 28.2. The molecule has 3 saturated carbocycles. The molecule has 814 valence electrons. The smallest absolute Gasteiger partial charge is 0.246 e. The second-order valence-electron chi connectivity index (χ2n) is 40.1. The van der Waals surface area contributed by atoms with Crippen LogP contribution in [0.4, 0.5) is 14.5 Å². The predicted molar refractivity (Wildman–Crippen MR) is 528 cm³/mol. The molecule has 3 heterocycles. The van der Waals surface area contributed by atoms with Gasteiger partial charge in [0, 0.05) is 67.2 Å². The average Bonchev–Trinajstić information content (AvgIpc) is 1.47. The molecular formula is C102H167F2N14O26+. The Hall–Kier alpha value is -7.93. The van der Waals surface area contributed by atoms with Gasteiger partial charge in [-0.15, -0.1) is 11.1 Å². The van der Waals surface area contributed by atoms with Crippen LogP contribution >= 0.6 is 0 Å². The molecular weight excluding hydrogens is 1880 g/mol. The van der Waals surface area contributed by atoms with Gasteiger partial charge in [0.2, 0.25) is 41.2 Å². The largest absolute Gasteiger partial charge is 0.486 e. The van der Waals surface area contributed by atoms with E-state index >= 15 is 13.6 Å². The number of ether oxygens (including phenoxy) is 16. The number of allylic oxidation sites excluding steroid dienone is 6. The highest BCUT2D eigenvalue weighted by Gasteiger charge is 2.80. The van der Waals surface area contributed by atoms with Crippen LogP contribution in [-0.4, -0.2) is 372 Å². The number of rotatable bonds is 71. The number of carbonyl (C=O) groups is 9. The molecule has 0 spiro atoms. The van der Waals surface area contributed by atoms with Crippen molar-refractivity contribution in [2.75, 3.05) is 244 Å². The van der Waals surface area contributed by atoms with E-state index in [1.165, 1.54) is 19.1 Å². The minimum Gasteiger partial charge on any atom is -0.486 e. The van der Waals surface area contributed by atoms with Gasteiger partial charge in [0.1, 0.15) is 50.0 Å². The second-order valence-corrected chi connectivity index (χ2v) is 40.1. The summed E-state index contributed by atoms with van der Waals surface area (Å²) in [5.74, 6) is -6.40. The SMILES string of the molecule is CCCC1O[C@@H]2C[C@H]3[C@@H]4C[C@H](F)C5=CC(=O)C=C[C@]5(C)[C@@]4(F)[C@@H](O)C[C@]3(C)[C@]2(C(=O)COc2ccc(NC(=O)[C@H](C)CC(=O)[C@@H](NC(=O)[C@@H](CCCCNC(=O)COC3CCCCCC4=C3NNN4CCOCCOCCOCCOCCC(=O)NCC[N+](C)(C)C)NC(=O)CCOCCOCCOCCOCCNC(=O)COC3CCCCCC4=C3NNN4CCOCCOCCOCCNC)C(C)C)cc2)O1. The molecule has 9 aliphatic rings. The van der Waals surface area contributed by atoms with Crippen LogP contribution in [0.15, 0.2) is 70.9 Å². The summed E-state index contributed by atoms with van der Waals surface area (Å²) in [6.07, 6.45) is 8.86. The van der Waals surface area contributed by atoms with Crippen LogP contribution < -0.4 is 63.9 Å². The maximum absolute atomic E-state index is 18.1. The van der Waals surface area contributed by atoms with Crippen molar-refractivity contribution in [3.05, 3.63) is 70.9 Å². The normalized spacial score (nSPS) is 25.1. The van der Waals surface area contributed by atoms with E-state index in [0.29, 0.717) is 176 Å². The fourth-order valence-electron chi connectivity index (χ4n) is 20.4. The number of amides is 6. The van der Waals surface area contributed by atoms with Crippen LogP contribution in [-0.2, 0) is 114 Å². The fraction of sp³-hybridized carbons (Fsp3) is 0.775. The number of halogens is 2. The molecule has 4 fully saturated rings. The molecule has 0 aromatic heterocycles. The molecule has 12 N–H and O–H groups in total. The van der Waals surface area contributed by atoms with Gasteiger partial charge in [0.05, 0.1) is 234 Å². The highest BCUT2D eigenvalue weighted by atomic mass is 19.1. The van der Waals surface area contributed by atoms with E-state index in [2.05, 4.69) is 85.3 Å². The van der Waals surface area contributed by atoms with E-state index < -0.39 is 124 Å². The lowest BCUT2D eigenvalue weighted by molar-refractivity contribution is -0.869. The lowest BCUT2D eigenvalue weighted by Gasteiger charge is -2.63. The standard InChI is InChI=1S/C102H166F2N14O26/c1-11-20-93-143-88-66-76-77-65-79(103)78-64-74(119)30-33-99(78,5)101(77,104)86(121)67-100(76,6)102(88,144-93)87(122)68-140-75-28-26-73(27-29-75)109-97(127)72(4)63-83(120)94(71(2)3)111-98(128)80(21-18-19-34-106-91(125)69-141-84-24-16-12-14-22-81-95(84)112-114-116(81)39-46-134-52-58-139-62-60-135-53-47-129-41-31-89(123)107-35-40-118(8,9)10)110-90(124)32-42-130-48-54-136-59-61-138-56-50-132-44-37-108-92(126)70-142-85-25-17-13-15-23-82-96(85)113-115-117(82)38-45-133-51-57-137-55-49-131-43-36-105-7/h26-30,33,64,71-72,76-77,79-80,84-86,88,93-94,105,112-115,121H,11-25,31-32,34-63,65-70H2,1-10H3,(H5-,106,107,108,109,110,111,123,124,125,126,127,128)/p+1/t72-,76+,77+,79+,80-,84?,85?,86+,88-,93?,94+,99+,100+,101+,102-/m1/s1. The number of hydrogen-bond acceptors (Lipinski definition) is 33. The number of alkyl halides is 2. The number of hydrogen-bond donors (Lipinski definition) is 12. The van der Waals surface area contributed by atoms with Crippen molar-refractivity contribution in [1.82, 2.24) is 63.8 Å². The zero-order chi connectivity index (χ0) is 103. The minimum atomic E-state index is -2.38. The Labute approximate surface area is 847 Å². The number of likely N-dealkylation sites (N-methyl/N-ethyl adjacent to an activating group) is 2. The van der Waals surface area contributed by atoms with E-state index in [9.17, 15) is 43.5 Å². The van der Waals surface area contributed by atoms with Crippen LogP contribution in [0, 0.1) is 34.5 Å². The monoisotopic (exact) mass is 2040 g/mol. The number of hydrazine groups is 4. The molecule has 0 bridgehead atoms. The van der Waals surface area contributed by atoms with Crippen molar-refractivity contribution in [3.63, 3.8) is 0 Å². The quantitative estimate of drug-likeness (QED) is 0.0295. The number of quaternary nitrogens is 1. The van der Waals surface area contributed by atoms with Crippen LogP contribution in [0.5, 0.6) is 5.75 Å². The molecule has 1 aromatic carbocycles.